The van der Waals surface area contributed by atoms with Crippen molar-refractivity contribution in [3.8, 4) is 0 Å². The first-order valence-corrected chi connectivity index (χ1v) is 12.8. The smallest absolute Gasteiger partial charge is 0.111 e. The minimum Gasteiger partial charge on any atom is -0.512 e. The van der Waals surface area contributed by atoms with Gasteiger partial charge in [-0.3, -0.25) is 0 Å². The van der Waals surface area contributed by atoms with Crippen LogP contribution < -0.4 is 0 Å². The van der Waals surface area contributed by atoms with E-state index in [1.807, 2.05) is 6.08 Å². The van der Waals surface area contributed by atoms with Gasteiger partial charge in [0.15, 0.2) is 0 Å². The van der Waals surface area contributed by atoms with E-state index < -0.39 is 11.7 Å². The van der Waals surface area contributed by atoms with E-state index >= 15 is 0 Å². The molecular weight excluding hydrogens is 396 g/mol. The lowest BCUT2D eigenvalue weighted by atomic mass is 9.45. The predicted octanol–water partition coefficient (Wildman–Crippen LogP) is 5.46. The maximum Gasteiger partial charge on any atom is 0.111 e. The number of hydrogen-bond donors (Lipinski definition) is 2. The highest BCUT2D eigenvalue weighted by Gasteiger charge is 2.88. The molecule has 0 aromatic heterocycles. The van der Waals surface area contributed by atoms with Crippen LogP contribution in [0.15, 0.2) is 54.3 Å². The van der Waals surface area contributed by atoms with Crippen molar-refractivity contribution in [1.82, 2.24) is 0 Å². The molecular formula is C29H36O3. The molecule has 0 saturated heterocycles. The van der Waals surface area contributed by atoms with Gasteiger partial charge >= 0.3 is 0 Å². The van der Waals surface area contributed by atoms with Crippen LogP contribution in [-0.4, -0.2) is 29.0 Å². The summed E-state index contributed by atoms with van der Waals surface area (Å²) in [4.78, 5) is 0. The van der Waals surface area contributed by atoms with Gasteiger partial charge in [-0.05, 0) is 91.1 Å². The Morgan fingerprint density at radius 2 is 1.91 bits per heavy atom. The fraction of sp³-hybridized carbons (Fsp3) is 0.655. The van der Waals surface area contributed by atoms with Crippen LogP contribution in [0.1, 0.15) is 51.0 Å². The number of rotatable bonds is 3. The molecule has 6 aliphatic carbocycles. The van der Waals surface area contributed by atoms with Gasteiger partial charge in [0.05, 0.1) is 11.7 Å². The number of ether oxygens (including phenoxy) is 1. The molecule has 32 heavy (non-hydrogen) atoms. The normalized spacial score (nSPS) is 54.3. The molecule has 4 fully saturated rings. The number of methoxy groups -OCH3 is 1. The van der Waals surface area contributed by atoms with Gasteiger partial charge in [-0.2, -0.15) is 0 Å². The Labute approximate surface area is 191 Å². The van der Waals surface area contributed by atoms with E-state index in [2.05, 4.69) is 49.4 Å². The molecule has 0 amide bonds. The maximum atomic E-state index is 12.5. The highest BCUT2D eigenvalue weighted by molar-refractivity contribution is 5.43. The highest BCUT2D eigenvalue weighted by Crippen LogP contribution is 2.88. The fourth-order valence-electron chi connectivity index (χ4n) is 11.1. The Morgan fingerprint density at radius 3 is 2.69 bits per heavy atom. The van der Waals surface area contributed by atoms with Crippen LogP contribution in [0, 0.1) is 45.8 Å². The van der Waals surface area contributed by atoms with Crippen LogP contribution in [0.2, 0.25) is 0 Å². The zero-order valence-corrected chi connectivity index (χ0v) is 19.3. The van der Waals surface area contributed by atoms with Gasteiger partial charge < -0.3 is 14.9 Å². The number of aliphatic hydroxyl groups is 2. The summed E-state index contributed by atoms with van der Waals surface area (Å²) in [5, 5.41) is 23.7. The van der Waals surface area contributed by atoms with Crippen LogP contribution in [0.3, 0.4) is 0 Å². The second-order valence-corrected chi connectivity index (χ2v) is 12.2. The average Bonchev–Trinajstić information content (AvgIpc) is 3.36. The second-order valence-electron chi connectivity index (χ2n) is 12.2. The van der Waals surface area contributed by atoms with Crippen molar-refractivity contribution in [3.63, 3.8) is 0 Å². The third-order valence-corrected chi connectivity index (χ3v) is 12.0. The minimum atomic E-state index is -0.990. The molecule has 3 heteroatoms. The van der Waals surface area contributed by atoms with Crippen LogP contribution >= 0.6 is 0 Å². The molecule has 170 valence electrons. The van der Waals surface area contributed by atoms with Crippen molar-refractivity contribution in [1.29, 1.82) is 0 Å². The van der Waals surface area contributed by atoms with Gasteiger partial charge in [-0.15, -0.1) is 0 Å². The summed E-state index contributed by atoms with van der Waals surface area (Å²) in [5.41, 5.74) is 0.489. The van der Waals surface area contributed by atoms with E-state index in [-0.39, 0.29) is 22.2 Å². The summed E-state index contributed by atoms with van der Waals surface area (Å²) in [5.74, 6) is 2.44. The third-order valence-electron chi connectivity index (χ3n) is 12.0. The molecule has 0 radical (unpaired) electrons. The Bertz CT molecular complexity index is 1010. The first-order chi connectivity index (χ1) is 15.4. The molecule has 0 aliphatic heterocycles. The van der Waals surface area contributed by atoms with Crippen LogP contribution in [0.5, 0.6) is 0 Å². The average molecular weight is 433 g/mol. The fourth-order valence-corrected chi connectivity index (χ4v) is 11.1. The summed E-state index contributed by atoms with van der Waals surface area (Å²) >= 11 is 0. The quantitative estimate of drug-likeness (QED) is 0.624. The van der Waals surface area contributed by atoms with Crippen molar-refractivity contribution in [2.75, 3.05) is 7.11 Å². The van der Waals surface area contributed by atoms with Crippen LogP contribution in [0.25, 0.3) is 0 Å². The van der Waals surface area contributed by atoms with Crippen molar-refractivity contribution >= 4 is 0 Å². The molecule has 3 nitrogen and oxygen atoms in total. The Kier molecular flexibility index (Phi) is 3.78. The van der Waals surface area contributed by atoms with Crippen molar-refractivity contribution in [3.05, 3.63) is 59.9 Å². The lowest BCUT2D eigenvalue weighted by molar-refractivity contribution is -0.189. The molecule has 1 aromatic carbocycles. The predicted molar refractivity (Wildman–Crippen MR) is 124 cm³/mol. The zero-order valence-electron chi connectivity index (χ0n) is 19.3. The topological polar surface area (TPSA) is 49.7 Å². The van der Waals surface area contributed by atoms with Gasteiger partial charge in [0.25, 0.3) is 0 Å². The standard InChI is InChI=1S/C29H36O3/c1-26-24-20-11-14-27(26)13-10-19(15-18-7-4-3-5-8-18)21(27)9-6-12-28(26,17-20)29(31)23(32-2)16-22(30)25(24)29/h3-9,16,19-21,23-25,30-31H,10-15,17H2,1-2H3/t19-,20+,21+,23-,24+,25+,26-,27+,28+,29-/m1/s1. The van der Waals surface area contributed by atoms with E-state index in [4.69, 9.17) is 4.74 Å². The van der Waals surface area contributed by atoms with E-state index in [0.29, 0.717) is 29.4 Å². The third kappa shape index (κ3) is 1.85. The number of allylic oxidation sites excluding steroid dienone is 2. The lowest BCUT2D eigenvalue weighted by Crippen LogP contribution is -2.60. The molecule has 7 rings (SSSR count). The van der Waals surface area contributed by atoms with Gasteiger partial charge in [0, 0.05) is 12.5 Å². The van der Waals surface area contributed by atoms with Gasteiger partial charge in [0.2, 0.25) is 0 Å². The van der Waals surface area contributed by atoms with Gasteiger partial charge in [0.1, 0.15) is 11.7 Å². The highest BCUT2D eigenvalue weighted by atomic mass is 16.5. The van der Waals surface area contributed by atoms with E-state index in [1.54, 1.807) is 7.11 Å². The summed E-state index contributed by atoms with van der Waals surface area (Å²) < 4.78 is 5.87. The number of fused-ring (bicyclic) bond motifs is 1. The molecule has 0 heterocycles. The number of aliphatic hydroxyl groups excluding tert-OH is 1. The monoisotopic (exact) mass is 432 g/mol. The largest absolute Gasteiger partial charge is 0.512 e. The number of benzene rings is 1. The molecule has 2 N–H and O–H groups in total. The van der Waals surface area contributed by atoms with E-state index in [0.717, 1.165) is 19.3 Å². The van der Waals surface area contributed by atoms with Crippen molar-refractivity contribution < 1.29 is 14.9 Å². The summed E-state index contributed by atoms with van der Waals surface area (Å²) in [7, 11) is 1.70. The molecule has 10 atom stereocenters. The summed E-state index contributed by atoms with van der Waals surface area (Å²) in [6, 6.07) is 11.0. The van der Waals surface area contributed by atoms with Crippen molar-refractivity contribution in [2.45, 2.75) is 63.6 Å². The SMILES string of the molecule is CO[C@@H]1C=C(O)[C@H]2[C@@H]3[C@H]4CC[C@@]56CC[C@H](Cc7ccccc7)[C@@H]5C=CC[C@@](C4)([C@@]12O)[C@]36C. The molecule has 1 spiro atoms. The second kappa shape index (κ2) is 6.10. The van der Waals surface area contributed by atoms with Crippen LogP contribution in [-0.2, 0) is 11.2 Å². The van der Waals surface area contributed by atoms with Gasteiger partial charge in [-0.25, -0.2) is 0 Å². The van der Waals surface area contributed by atoms with Gasteiger partial charge in [-0.1, -0.05) is 49.4 Å². The summed E-state index contributed by atoms with van der Waals surface area (Å²) in [6.45, 7) is 2.54. The maximum absolute atomic E-state index is 12.5. The first-order valence-electron chi connectivity index (χ1n) is 12.8. The Hall–Kier alpha value is -1.58. The molecule has 4 bridgehead atoms. The van der Waals surface area contributed by atoms with Crippen LogP contribution in [0.4, 0.5) is 0 Å². The number of hydrogen-bond acceptors (Lipinski definition) is 3. The Balaban J connectivity index is 1.38. The zero-order chi connectivity index (χ0) is 21.9. The molecule has 4 saturated carbocycles. The molecule has 0 unspecified atom stereocenters. The van der Waals surface area contributed by atoms with E-state index in [9.17, 15) is 10.2 Å². The van der Waals surface area contributed by atoms with Crippen molar-refractivity contribution in [2.24, 2.45) is 45.8 Å². The molecule has 6 aliphatic rings. The first kappa shape index (κ1) is 19.9. The molecule has 1 aromatic rings. The Morgan fingerprint density at radius 1 is 1.12 bits per heavy atom. The summed E-state index contributed by atoms with van der Waals surface area (Å²) in [6.07, 6.45) is 14.6. The lowest BCUT2D eigenvalue weighted by Gasteiger charge is -2.58. The van der Waals surface area contributed by atoms with E-state index in [1.165, 1.54) is 31.2 Å². The minimum absolute atomic E-state index is 0.0287.